The molecule has 0 aliphatic heterocycles. The summed E-state index contributed by atoms with van der Waals surface area (Å²) in [4.78, 5) is 17.3. The number of thiazole rings is 1. The second-order valence-electron chi connectivity index (χ2n) is 7.00. The van der Waals surface area contributed by atoms with Crippen molar-refractivity contribution in [2.45, 2.75) is 11.8 Å². The average Bonchev–Trinajstić information content (AvgIpc) is 3.23. The zero-order valence-corrected chi connectivity index (χ0v) is 20.7. The Balaban J connectivity index is 1.48. The maximum absolute atomic E-state index is 12.7. The lowest BCUT2D eigenvalue weighted by atomic mass is 10.2. The minimum Gasteiger partial charge on any atom is -0.298 e. The van der Waals surface area contributed by atoms with Gasteiger partial charge in [-0.1, -0.05) is 35.9 Å². The lowest BCUT2D eigenvalue weighted by Crippen LogP contribution is -2.15. The summed E-state index contributed by atoms with van der Waals surface area (Å²) in [6.45, 7) is 1.89. The maximum atomic E-state index is 12.7. The molecule has 0 fully saturated rings. The number of aromatic nitrogens is 1. The van der Waals surface area contributed by atoms with Crippen LogP contribution < -0.4 is 10.0 Å². The molecule has 0 radical (unpaired) electrons. The molecule has 0 unspecified atom stereocenters. The number of carbonyl (C=O) groups excluding carboxylic acids is 1. The Kier molecular flexibility index (Phi) is 6.58. The van der Waals surface area contributed by atoms with Crippen LogP contribution in [0.4, 0.5) is 10.8 Å². The van der Waals surface area contributed by atoms with E-state index in [2.05, 4.69) is 37.6 Å². The molecule has 0 saturated carbocycles. The number of nitrogens with zero attached hydrogens (tertiary/aromatic N) is 1. The zero-order chi connectivity index (χ0) is 22.7. The van der Waals surface area contributed by atoms with E-state index in [-0.39, 0.29) is 10.8 Å². The molecule has 1 amide bonds. The predicted octanol–water partition coefficient (Wildman–Crippen LogP) is 5.78. The number of carbonyl (C=O) groups is 1. The molecule has 1 aromatic heterocycles. The number of hydrogen-bond donors (Lipinski definition) is 2. The molecule has 1 heterocycles. The van der Waals surface area contributed by atoms with Crippen LogP contribution in [0.3, 0.4) is 0 Å². The van der Waals surface area contributed by atoms with Crippen molar-refractivity contribution in [2.75, 3.05) is 10.0 Å². The lowest BCUT2D eigenvalue weighted by molar-refractivity contribution is 0.102. The number of rotatable bonds is 6. The summed E-state index contributed by atoms with van der Waals surface area (Å²) in [5.74, 6) is -0.370. The molecule has 0 aliphatic rings. The van der Waals surface area contributed by atoms with Gasteiger partial charge in [-0.2, -0.15) is 0 Å². The van der Waals surface area contributed by atoms with Crippen LogP contribution >= 0.6 is 33.9 Å². The summed E-state index contributed by atoms with van der Waals surface area (Å²) in [5.41, 5.74) is 3.34. The number of benzene rings is 3. The summed E-state index contributed by atoms with van der Waals surface area (Å²) in [6, 6.07) is 20.8. The van der Waals surface area contributed by atoms with Gasteiger partial charge in [0.1, 0.15) is 0 Å². The summed E-state index contributed by atoms with van der Waals surface area (Å²) in [5, 5.41) is 5.12. The molecule has 4 aromatic rings. The average molecular weight is 575 g/mol. The Labute approximate surface area is 203 Å². The van der Waals surface area contributed by atoms with Gasteiger partial charge in [0.05, 0.1) is 10.6 Å². The fourth-order valence-electron chi connectivity index (χ4n) is 2.91. The van der Waals surface area contributed by atoms with Crippen molar-refractivity contribution in [3.63, 3.8) is 0 Å². The van der Waals surface area contributed by atoms with E-state index >= 15 is 0 Å². The summed E-state index contributed by atoms with van der Waals surface area (Å²) in [6.07, 6.45) is 0. The Morgan fingerprint density at radius 3 is 2.44 bits per heavy atom. The Morgan fingerprint density at radius 2 is 1.72 bits per heavy atom. The molecule has 2 N–H and O–H groups in total. The molecule has 6 nitrogen and oxygen atoms in total. The molecule has 0 atom stereocenters. The molecule has 0 aliphatic carbocycles. The van der Waals surface area contributed by atoms with Gasteiger partial charge >= 0.3 is 0 Å². The number of halogens is 1. The highest BCUT2D eigenvalue weighted by atomic mass is 127. The van der Waals surface area contributed by atoms with Gasteiger partial charge in [0.15, 0.2) is 5.13 Å². The van der Waals surface area contributed by atoms with Crippen molar-refractivity contribution < 1.29 is 13.2 Å². The fraction of sp³-hybridized carbons (Fsp3) is 0.0435. The highest BCUT2D eigenvalue weighted by Gasteiger charge is 2.16. The number of amides is 1. The molecule has 0 bridgehead atoms. The smallest absolute Gasteiger partial charge is 0.261 e. The van der Waals surface area contributed by atoms with Gasteiger partial charge in [-0.3, -0.25) is 14.8 Å². The van der Waals surface area contributed by atoms with Crippen molar-refractivity contribution in [1.29, 1.82) is 0 Å². The number of aryl methyl sites for hydroxylation is 1. The van der Waals surface area contributed by atoms with Crippen LogP contribution in [0, 0.1) is 10.5 Å². The molecule has 32 heavy (non-hydrogen) atoms. The first-order valence-electron chi connectivity index (χ1n) is 9.52. The fourth-order valence-corrected chi connectivity index (χ4v) is 5.03. The summed E-state index contributed by atoms with van der Waals surface area (Å²) < 4.78 is 28.9. The van der Waals surface area contributed by atoms with Crippen LogP contribution in [-0.4, -0.2) is 19.3 Å². The van der Waals surface area contributed by atoms with Gasteiger partial charge in [-0.25, -0.2) is 13.4 Å². The lowest BCUT2D eigenvalue weighted by Gasteiger charge is -2.10. The summed E-state index contributed by atoms with van der Waals surface area (Å²) in [7, 11) is -3.75. The van der Waals surface area contributed by atoms with E-state index in [1.807, 2.05) is 36.6 Å². The first kappa shape index (κ1) is 22.4. The minimum absolute atomic E-state index is 0.156. The molecule has 162 valence electrons. The van der Waals surface area contributed by atoms with Crippen molar-refractivity contribution in [3.8, 4) is 11.3 Å². The number of hydrogen-bond acceptors (Lipinski definition) is 5. The predicted molar refractivity (Wildman–Crippen MR) is 137 cm³/mol. The zero-order valence-electron chi connectivity index (χ0n) is 16.9. The highest BCUT2D eigenvalue weighted by molar-refractivity contribution is 14.1. The van der Waals surface area contributed by atoms with Crippen LogP contribution in [0.25, 0.3) is 11.3 Å². The van der Waals surface area contributed by atoms with Gasteiger partial charge < -0.3 is 0 Å². The minimum atomic E-state index is -3.75. The van der Waals surface area contributed by atoms with Crippen LogP contribution in [0.5, 0.6) is 0 Å². The molecule has 0 saturated heterocycles. The molecule has 4 rings (SSSR count). The van der Waals surface area contributed by atoms with Crippen molar-refractivity contribution in [3.05, 3.63) is 92.9 Å². The van der Waals surface area contributed by atoms with E-state index in [1.165, 1.54) is 17.4 Å². The SMILES string of the molecule is Cc1ccc(S(=O)(=O)Nc2cccc(C(=O)Nc3nc(-c4ccc(I)cc4)cs3)c2)cc1. The van der Waals surface area contributed by atoms with Gasteiger partial charge in [0.2, 0.25) is 0 Å². The van der Waals surface area contributed by atoms with Crippen LogP contribution in [0.1, 0.15) is 15.9 Å². The molecular formula is C23H18IN3O3S2. The van der Waals surface area contributed by atoms with Crippen LogP contribution in [0.15, 0.2) is 83.1 Å². The third-order valence-electron chi connectivity index (χ3n) is 4.57. The van der Waals surface area contributed by atoms with Gasteiger partial charge in [-0.05, 0) is 72.0 Å². The Bertz CT molecular complexity index is 1370. The molecule has 9 heteroatoms. The van der Waals surface area contributed by atoms with Gasteiger partial charge in [0, 0.05) is 25.8 Å². The van der Waals surface area contributed by atoms with Crippen molar-refractivity contribution >= 4 is 60.7 Å². The maximum Gasteiger partial charge on any atom is 0.261 e. The topological polar surface area (TPSA) is 88.2 Å². The van der Waals surface area contributed by atoms with E-state index in [0.717, 1.165) is 20.4 Å². The van der Waals surface area contributed by atoms with Crippen LogP contribution in [0.2, 0.25) is 0 Å². The van der Waals surface area contributed by atoms with E-state index in [0.29, 0.717) is 16.4 Å². The third-order valence-corrected chi connectivity index (χ3v) is 7.45. The normalized spacial score (nSPS) is 11.2. The first-order chi connectivity index (χ1) is 15.3. The molecule has 3 aromatic carbocycles. The first-order valence-corrected chi connectivity index (χ1v) is 13.0. The van der Waals surface area contributed by atoms with Crippen molar-refractivity contribution in [2.24, 2.45) is 0 Å². The highest BCUT2D eigenvalue weighted by Crippen LogP contribution is 2.26. The third kappa shape index (κ3) is 5.34. The summed E-state index contributed by atoms with van der Waals surface area (Å²) >= 11 is 3.57. The Morgan fingerprint density at radius 1 is 1.00 bits per heavy atom. The second kappa shape index (κ2) is 9.39. The monoisotopic (exact) mass is 575 g/mol. The number of nitrogens with one attached hydrogen (secondary N) is 2. The quantitative estimate of drug-likeness (QED) is 0.286. The molecule has 0 spiro atoms. The largest absolute Gasteiger partial charge is 0.298 e. The van der Waals surface area contributed by atoms with Gasteiger partial charge in [-0.15, -0.1) is 11.3 Å². The Hall–Kier alpha value is -2.76. The standard InChI is InChI=1S/C23H18IN3O3S2/c1-15-5-11-20(12-6-15)32(29,30)27-19-4-2-3-17(13-19)22(28)26-23-25-21(14-31-23)16-7-9-18(24)10-8-16/h2-14,27H,1H3,(H,25,26,28). The van der Waals surface area contributed by atoms with Crippen LogP contribution in [-0.2, 0) is 10.0 Å². The van der Waals surface area contributed by atoms with E-state index < -0.39 is 10.0 Å². The van der Waals surface area contributed by atoms with Gasteiger partial charge in [0.25, 0.3) is 15.9 Å². The number of anilines is 2. The number of sulfonamides is 1. The van der Waals surface area contributed by atoms with Crippen molar-refractivity contribution in [1.82, 2.24) is 4.98 Å². The second-order valence-corrected chi connectivity index (χ2v) is 10.8. The van der Waals surface area contributed by atoms with E-state index in [4.69, 9.17) is 0 Å². The van der Waals surface area contributed by atoms with E-state index in [1.54, 1.807) is 42.5 Å². The molecular weight excluding hydrogens is 557 g/mol. The van der Waals surface area contributed by atoms with E-state index in [9.17, 15) is 13.2 Å².